The lowest BCUT2D eigenvalue weighted by atomic mass is 9.94. The van der Waals surface area contributed by atoms with Crippen LogP contribution in [0.3, 0.4) is 0 Å². The average molecular weight is 244 g/mol. The van der Waals surface area contributed by atoms with E-state index in [1.807, 2.05) is 16.9 Å². The van der Waals surface area contributed by atoms with Crippen LogP contribution in [0.4, 0.5) is 0 Å². The third kappa shape index (κ3) is 2.17. The van der Waals surface area contributed by atoms with Gasteiger partial charge in [0, 0.05) is 12.7 Å². The van der Waals surface area contributed by atoms with Crippen molar-refractivity contribution < 1.29 is 0 Å². The molecule has 0 fully saturated rings. The maximum absolute atomic E-state index is 5.77. The number of hydrazine groups is 1. The standard InChI is InChI=1S/C14H20N4/c1-4-18-12(8-9-16-18)14(17-15)13-10(2)6-5-7-11(13)3/h5-9,14,17H,4,15H2,1-3H3. The minimum Gasteiger partial charge on any atom is -0.271 e. The van der Waals surface area contributed by atoms with Crippen molar-refractivity contribution >= 4 is 0 Å². The number of aryl methyl sites for hydroxylation is 3. The minimum absolute atomic E-state index is 0.0198. The van der Waals surface area contributed by atoms with Crippen LogP contribution in [-0.2, 0) is 6.54 Å². The quantitative estimate of drug-likeness (QED) is 0.639. The molecule has 1 atom stereocenters. The summed E-state index contributed by atoms with van der Waals surface area (Å²) in [5.41, 5.74) is 7.72. The van der Waals surface area contributed by atoms with Crippen molar-refractivity contribution in [3.63, 3.8) is 0 Å². The lowest BCUT2D eigenvalue weighted by molar-refractivity contribution is 0.540. The normalized spacial score (nSPS) is 12.7. The minimum atomic E-state index is -0.0198. The van der Waals surface area contributed by atoms with Gasteiger partial charge in [0.05, 0.1) is 11.7 Å². The van der Waals surface area contributed by atoms with Gasteiger partial charge >= 0.3 is 0 Å². The first-order chi connectivity index (χ1) is 8.69. The number of rotatable bonds is 4. The molecule has 96 valence electrons. The third-order valence-corrected chi connectivity index (χ3v) is 3.34. The Bertz CT molecular complexity index is 510. The number of nitrogens with two attached hydrogens (primary N) is 1. The first kappa shape index (κ1) is 12.8. The predicted octanol–water partition coefficient (Wildman–Crippen LogP) is 2.07. The molecule has 0 bridgehead atoms. The molecule has 4 nitrogen and oxygen atoms in total. The van der Waals surface area contributed by atoms with E-state index in [0.29, 0.717) is 0 Å². The van der Waals surface area contributed by atoms with E-state index >= 15 is 0 Å². The van der Waals surface area contributed by atoms with Gasteiger partial charge in [-0.2, -0.15) is 5.10 Å². The smallest absolute Gasteiger partial charge is 0.0883 e. The highest BCUT2D eigenvalue weighted by atomic mass is 15.3. The number of nitrogens with zero attached hydrogens (tertiary/aromatic N) is 2. The zero-order valence-electron chi connectivity index (χ0n) is 11.1. The molecule has 0 aliphatic heterocycles. The summed E-state index contributed by atoms with van der Waals surface area (Å²) in [6.45, 7) is 7.14. The van der Waals surface area contributed by atoms with E-state index < -0.39 is 0 Å². The second-order valence-electron chi connectivity index (χ2n) is 4.48. The molecule has 1 aromatic carbocycles. The lowest BCUT2D eigenvalue weighted by Crippen LogP contribution is -2.31. The van der Waals surface area contributed by atoms with Crippen LogP contribution in [-0.4, -0.2) is 9.78 Å². The number of hydrogen-bond donors (Lipinski definition) is 2. The van der Waals surface area contributed by atoms with Crippen LogP contribution in [0, 0.1) is 13.8 Å². The summed E-state index contributed by atoms with van der Waals surface area (Å²) in [7, 11) is 0. The fourth-order valence-electron chi connectivity index (χ4n) is 2.45. The van der Waals surface area contributed by atoms with Gasteiger partial charge in [-0.25, -0.2) is 5.43 Å². The monoisotopic (exact) mass is 244 g/mol. The van der Waals surface area contributed by atoms with E-state index in [2.05, 4.69) is 49.5 Å². The molecule has 4 heteroatoms. The summed E-state index contributed by atoms with van der Waals surface area (Å²) in [6.07, 6.45) is 1.82. The summed E-state index contributed by atoms with van der Waals surface area (Å²) in [5.74, 6) is 5.77. The Morgan fingerprint density at radius 1 is 1.28 bits per heavy atom. The highest BCUT2D eigenvalue weighted by Gasteiger charge is 2.19. The van der Waals surface area contributed by atoms with Gasteiger partial charge in [0.1, 0.15) is 0 Å². The first-order valence-electron chi connectivity index (χ1n) is 6.23. The van der Waals surface area contributed by atoms with Gasteiger partial charge in [-0.3, -0.25) is 10.5 Å². The number of nitrogens with one attached hydrogen (secondary N) is 1. The van der Waals surface area contributed by atoms with Crippen LogP contribution in [0.15, 0.2) is 30.5 Å². The summed E-state index contributed by atoms with van der Waals surface area (Å²) >= 11 is 0. The van der Waals surface area contributed by atoms with E-state index in [0.717, 1.165) is 12.2 Å². The zero-order chi connectivity index (χ0) is 13.1. The SMILES string of the molecule is CCn1nccc1C(NN)c1c(C)cccc1C. The second kappa shape index (κ2) is 5.33. The van der Waals surface area contributed by atoms with Gasteiger partial charge in [0.2, 0.25) is 0 Å². The van der Waals surface area contributed by atoms with Gasteiger partial charge in [-0.05, 0) is 43.5 Å². The molecular formula is C14H20N4. The molecule has 1 heterocycles. The van der Waals surface area contributed by atoms with Gasteiger partial charge < -0.3 is 0 Å². The molecule has 3 N–H and O–H groups in total. The number of aromatic nitrogens is 2. The Kier molecular flexibility index (Phi) is 3.79. The molecule has 2 aromatic rings. The van der Waals surface area contributed by atoms with Crippen molar-refractivity contribution in [1.82, 2.24) is 15.2 Å². The van der Waals surface area contributed by atoms with Gasteiger partial charge in [-0.15, -0.1) is 0 Å². The Morgan fingerprint density at radius 2 is 1.94 bits per heavy atom. The first-order valence-corrected chi connectivity index (χ1v) is 6.23. The van der Waals surface area contributed by atoms with Crippen LogP contribution >= 0.6 is 0 Å². The topological polar surface area (TPSA) is 55.9 Å². The van der Waals surface area contributed by atoms with Crippen LogP contribution in [0.25, 0.3) is 0 Å². The Balaban J connectivity index is 2.52. The highest BCUT2D eigenvalue weighted by molar-refractivity contribution is 5.40. The maximum Gasteiger partial charge on any atom is 0.0883 e. The van der Waals surface area contributed by atoms with Crippen LogP contribution in [0.2, 0.25) is 0 Å². The van der Waals surface area contributed by atoms with E-state index in [9.17, 15) is 0 Å². The summed E-state index contributed by atoms with van der Waals surface area (Å²) < 4.78 is 1.97. The average Bonchev–Trinajstić information content (AvgIpc) is 2.82. The highest BCUT2D eigenvalue weighted by Crippen LogP contribution is 2.27. The summed E-state index contributed by atoms with van der Waals surface area (Å²) in [6, 6.07) is 8.28. The lowest BCUT2D eigenvalue weighted by Gasteiger charge is -2.21. The largest absolute Gasteiger partial charge is 0.271 e. The number of benzene rings is 1. The number of hydrogen-bond acceptors (Lipinski definition) is 3. The van der Waals surface area contributed by atoms with Crippen molar-refractivity contribution in [3.8, 4) is 0 Å². The summed E-state index contributed by atoms with van der Waals surface area (Å²) in [5, 5.41) is 4.31. The molecule has 1 unspecified atom stereocenters. The molecule has 0 amide bonds. The molecule has 0 saturated carbocycles. The Labute approximate surface area is 108 Å². The fraction of sp³-hybridized carbons (Fsp3) is 0.357. The van der Waals surface area contributed by atoms with E-state index in [-0.39, 0.29) is 6.04 Å². The van der Waals surface area contributed by atoms with Gasteiger partial charge in [-0.1, -0.05) is 18.2 Å². The molecule has 0 aliphatic rings. The van der Waals surface area contributed by atoms with E-state index in [4.69, 9.17) is 5.84 Å². The molecule has 0 spiro atoms. The third-order valence-electron chi connectivity index (χ3n) is 3.34. The molecule has 0 radical (unpaired) electrons. The molecule has 18 heavy (non-hydrogen) atoms. The van der Waals surface area contributed by atoms with Crippen LogP contribution in [0.5, 0.6) is 0 Å². The van der Waals surface area contributed by atoms with E-state index in [1.165, 1.54) is 16.7 Å². The van der Waals surface area contributed by atoms with Crippen LogP contribution < -0.4 is 11.3 Å². The van der Waals surface area contributed by atoms with Crippen molar-refractivity contribution in [1.29, 1.82) is 0 Å². The van der Waals surface area contributed by atoms with E-state index in [1.54, 1.807) is 0 Å². The molecular weight excluding hydrogens is 224 g/mol. The van der Waals surface area contributed by atoms with Crippen molar-refractivity contribution in [3.05, 3.63) is 52.8 Å². The molecule has 0 saturated heterocycles. The predicted molar refractivity (Wildman–Crippen MR) is 73.0 cm³/mol. The van der Waals surface area contributed by atoms with Crippen molar-refractivity contribution in [2.24, 2.45) is 5.84 Å². The second-order valence-corrected chi connectivity index (χ2v) is 4.48. The Morgan fingerprint density at radius 3 is 2.50 bits per heavy atom. The molecule has 0 aliphatic carbocycles. The fourth-order valence-corrected chi connectivity index (χ4v) is 2.45. The Hall–Kier alpha value is -1.65. The molecule has 2 rings (SSSR count). The summed E-state index contributed by atoms with van der Waals surface area (Å²) in [4.78, 5) is 0. The van der Waals surface area contributed by atoms with Crippen LogP contribution in [0.1, 0.15) is 35.3 Å². The van der Waals surface area contributed by atoms with Crippen molar-refractivity contribution in [2.45, 2.75) is 33.4 Å². The molecule has 1 aromatic heterocycles. The van der Waals surface area contributed by atoms with Gasteiger partial charge in [0.15, 0.2) is 0 Å². The van der Waals surface area contributed by atoms with Crippen molar-refractivity contribution in [2.75, 3.05) is 0 Å². The maximum atomic E-state index is 5.77. The van der Waals surface area contributed by atoms with Gasteiger partial charge in [0.25, 0.3) is 0 Å². The zero-order valence-corrected chi connectivity index (χ0v) is 11.1.